The van der Waals surface area contributed by atoms with Crippen molar-refractivity contribution in [3.05, 3.63) is 241 Å². The second-order valence-corrected chi connectivity index (χ2v) is 27.3. The molecule has 500 valence electrons. The van der Waals surface area contributed by atoms with E-state index in [4.69, 9.17) is 0 Å². The number of nitrogens with zero attached hydrogens (tertiary/aromatic N) is 4. The Morgan fingerprint density at radius 2 is 0.543 bits per heavy atom. The van der Waals surface area contributed by atoms with Crippen LogP contribution in [0, 0.1) is 48.5 Å². The minimum Gasteiger partial charge on any atom is -0.851 e. The van der Waals surface area contributed by atoms with Gasteiger partial charge >= 0.3 is 0 Å². The van der Waals surface area contributed by atoms with Gasteiger partial charge in [-0.2, -0.15) is 0 Å². The van der Waals surface area contributed by atoms with Crippen molar-refractivity contribution < 1.29 is 56.2 Å². The van der Waals surface area contributed by atoms with Crippen molar-refractivity contribution in [2.75, 3.05) is 76.0 Å². The highest BCUT2D eigenvalue weighted by Crippen LogP contribution is 2.52. The van der Waals surface area contributed by atoms with Gasteiger partial charge in [0.25, 0.3) is 0 Å². The van der Waals surface area contributed by atoms with Crippen LogP contribution in [0.4, 0.5) is 22.7 Å². The molecule has 8 aromatic rings. The molecule has 15 heteroatoms. The number of aromatic hydroxyl groups is 3. The molecule has 15 nitrogen and oxygen atoms in total. The zero-order valence-corrected chi connectivity index (χ0v) is 56.7. The normalized spacial score (nSPS) is 26.4. The summed E-state index contributed by atoms with van der Waals surface area (Å²) >= 11 is 0. The predicted octanol–water partition coefficient (Wildman–Crippen LogP) is 6.27. The van der Waals surface area contributed by atoms with E-state index in [1.807, 2.05) is 246 Å². The van der Waals surface area contributed by atoms with Crippen LogP contribution in [0.1, 0.15) is 131 Å². The van der Waals surface area contributed by atoms with E-state index in [0.717, 1.165) is 83.9 Å². The zero-order chi connectivity index (χ0) is 68.6. The summed E-state index contributed by atoms with van der Waals surface area (Å²) in [5.74, 6) is -4.16. The van der Waals surface area contributed by atoms with Crippen molar-refractivity contribution in [2.24, 2.45) is 0 Å². The maximum atomic E-state index is 12.8. The van der Waals surface area contributed by atoms with Crippen LogP contribution in [-0.4, -0.2) is 126 Å². The second-order valence-electron chi connectivity index (χ2n) is 27.3. The van der Waals surface area contributed by atoms with E-state index >= 15 is 0 Å². The molecule has 4 saturated carbocycles. The lowest BCUT2D eigenvalue weighted by Crippen LogP contribution is -2.63. The maximum absolute atomic E-state index is 12.8. The molecule has 4 fully saturated rings. The van der Waals surface area contributed by atoms with Crippen molar-refractivity contribution in [2.45, 2.75) is 145 Å². The first-order valence-corrected chi connectivity index (χ1v) is 32.3. The lowest BCUT2D eigenvalue weighted by atomic mass is 9.63. The molecule has 0 spiro atoms. The Hall–Kier alpha value is -7.96. The molecule has 12 rings (SSSR count). The standard InChI is InChI=1S/C21H25NO3.C20H23NO3.C19H22NO3.C19H21NO2/c1-11-8-14(9-12(2)13(11)3)18-20(24)19(21(18)25)16-7-6-15(22(4)5)10-17(16)23;1-11-5-6-13(9-12(11)2)17-19(23)18(20(17)24)15-8-7-14(21(3)4)10-16(15)22;1-11-4-6-12(7-5-11)16-18(22)17(19(16)23)14-9-8-13(20(2)3)10-15(14)21;1-12-4-6-13(7-5-12)16-18(21)17(19(16)22)14-8-10-15(11-9-14)20(2)3/h6-10,18-21,23H,1-5H3;5-10,17-20,22H,1-4H3;4-10,16-19,21-22H,1-3H3;4-11,16-19H,1-3H3/q2*-2;-1;-2. The molecule has 4 N–H and O–H groups in total. The number of benzene rings is 8. The summed E-state index contributed by atoms with van der Waals surface area (Å²) in [6.07, 6.45) is -7.53. The van der Waals surface area contributed by atoms with E-state index in [0.29, 0.717) is 16.7 Å². The van der Waals surface area contributed by atoms with Crippen molar-refractivity contribution in [3.63, 3.8) is 0 Å². The van der Waals surface area contributed by atoms with E-state index in [1.165, 1.54) is 5.56 Å². The Morgan fingerprint density at radius 3 is 0.883 bits per heavy atom. The number of phenolic OH excluding ortho intramolecular Hbond substituents is 3. The van der Waals surface area contributed by atoms with Gasteiger partial charge in [-0.1, -0.05) is 120 Å². The lowest BCUT2D eigenvalue weighted by molar-refractivity contribution is -0.536. The van der Waals surface area contributed by atoms with Crippen LogP contribution in [0.15, 0.2) is 158 Å². The second kappa shape index (κ2) is 28.9. The summed E-state index contributed by atoms with van der Waals surface area (Å²) in [7, 11) is 15.2. The van der Waals surface area contributed by atoms with Crippen LogP contribution in [0.25, 0.3) is 0 Å². The zero-order valence-electron chi connectivity index (χ0n) is 56.7. The van der Waals surface area contributed by atoms with E-state index in [9.17, 15) is 56.2 Å². The molecule has 4 aliphatic carbocycles. The van der Waals surface area contributed by atoms with Gasteiger partial charge < -0.3 is 75.8 Å². The minimum absolute atomic E-state index is 0.0337. The fourth-order valence-electron chi connectivity index (χ4n) is 13.8. The Bertz CT molecular complexity index is 3830. The highest BCUT2D eigenvalue weighted by atomic mass is 16.3. The fourth-order valence-corrected chi connectivity index (χ4v) is 13.8. The van der Waals surface area contributed by atoms with Crippen LogP contribution in [0.2, 0.25) is 0 Å². The molecule has 94 heavy (non-hydrogen) atoms. The molecular weight excluding hydrogens is 1180 g/mol. The summed E-state index contributed by atoms with van der Waals surface area (Å²) < 4.78 is 0. The summed E-state index contributed by atoms with van der Waals surface area (Å²) in [6.45, 7) is 14.1. The Morgan fingerprint density at radius 1 is 0.266 bits per heavy atom. The van der Waals surface area contributed by atoms with Gasteiger partial charge in [-0.25, -0.2) is 0 Å². The SMILES string of the molecule is Cc1cc(C2C([O-])C(c3ccc(N(C)C)cc3O)C2[O-])cc(C)c1C.Cc1ccc(C2C([O-])C(c3ccc(N(C)C)cc3)C2[O-])cc1.Cc1ccc(C2C([O-])C(c3ccc(N(C)C)cc3O)C2O)cc1.Cc1ccc(C2C([O-])C(c3ccc(N(C)C)cc3O)C2[O-])cc1C. The first kappa shape index (κ1) is 70.4. The number of rotatable bonds is 12. The summed E-state index contributed by atoms with van der Waals surface area (Å²) in [5, 5.41) is 130. The van der Waals surface area contributed by atoms with Crippen molar-refractivity contribution >= 4 is 22.7 Å². The number of hydrogen-bond donors (Lipinski definition) is 4. The van der Waals surface area contributed by atoms with Gasteiger partial charge in [0, 0.05) is 103 Å². The summed E-state index contributed by atoms with van der Waals surface area (Å²) in [4.78, 5) is 7.62. The highest BCUT2D eigenvalue weighted by molar-refractivity contribution is 5.58. The molecular formula is C79H91N4O11-7. The predicted molar refractivity (Wildman–Crippen MR) is 361 cm³/mol. The van der Waals surface area contributed by atoms with Crippen LogP contribution in [0.5, 0.6) is 17.2 Å². The fraction of sp³-hybridized carbons (Fsp3) is 0.392. The Labute approximate surface area is 555 Å². The molecule has 0 radical (unpaired) electrons. The first-order valence-electron chi connectivity index (χ1n) is 32.3. The number of hydrogen-bond acceptors (Lipinski definition) is 15. The third-order valence-corrected chi connectivity index (χ3v) is 20.3. The minimum atomic E-state index is -1.03. The Kier molecular flexibility index (Phi) is 21.7. The largest absolute Gasteiger partial charge is 0.851 e. The maximum Gasteiger partial charge on any atom is 0.121 e. The van der Waals surface area contributed by atoms with Gasteiger partial charge in [0.05, 0.1) is 6.10 Å². The summed E-state index contributed by atoms with van der Waals surface area (Å²) in [5.41, 5.74) is 17.3. The topological polar surface area (TPSA) is 255 Å². The molecule has 0 saturated heterocycles. The van der Waals surface area contributed by atoms with Crippen molar-refractivity contribution in [1.29, 1.82) is 0 Å². The van der Waals surface area contributed by atoms with E-state index in [-0.39, 0.29) is 17.2 Å². The number of aliphatic hydroxyl groups is 1. The van der Waals surface area contributed by atoms with Crippen molar-refractivity contribution in [3.8, 4) is 17.2 Å². The van der Waals surface area contributed by atoms with E-state index in [1.54, 1.807) is 36.4 Å². The molecule has 0 aliphatic heterocycles. The quantitative estimate of drug-likeness (QED) is 0.105. The van der Waals surface area contributed by atoms with Gasteiger partial charge in [0.15, 0.2) is 0 Å². The van der Waals surface area contributed by atoms with E-state index < -0.39 is 96.2 Å². The third-order valence-electron chi connectivity index (χ3n) is 20.3. The molecule has 10 atom stereocenters. The van der Waals surface area contributed by atoms with Gasteiger partial charge in [0.1, 0.15) is 17.2 Å². The molecule has 10 unspecified atom stereocenters. The average molecular weight is 1270 g/mol. The number of anilines is 4. The van der Waals surface area contributed by atoms with Gasteiger partial charge in [-0.3, -0.25) is 0 Å². The molecule has 0 aromatic heterocycles. The monoisotopic (exact) mass is 1270 g/mol. The lowest BCUT2D eigenvalue weighted by Gasteiger charge is -2.62. The van der Waals surface area contributed by atoms with Gasteiger partial charge in [-0.05, 0) is 193 Å². The average Bonchev–Trinajstić information content (AvgIpc) is 0.773. The molecule has 8 aromatic carbocycles. The van der Waals surface area contributed by atoms with Crippen LogP contribution >= 0.6 is 0 Å². The smallest absolute Gasteiger partial charge is 0.121 e. The number of aliphatic hydroxyl groups excluding tert-OH is 1. The van der Waals surface area contributed by atoms with Gasteiger partial charge in [-0.15, -0.1) is 42.7 Å². The van der Waals surface area contributed by atoms with Gasteiger partial charge in [0.2, 0.25) is 0 Å². The first-order chi connectivity index (χ1) is 44.4. The van der Waals surface area contributed by atoms with Crippen LogP contribution in [-0.2, 0) is 0 Å². The van der Waals surface area contributed by atoms with Crippen LogP contribution < -0.4 is 55.3 Å². The molecule has 0 heterocycles. The Balaban J connectivity index is 0.000000148. The number of phenols is 3. The summed E-state index contributed by atoms with van der Waals surface area (Å²) in [6, 6.07) is 48.5. The molecule has 4 aliphatic rings. The number of aryl methyl sites for hydroxylation is 6. The highest BCUT2D eigenvalue weighted by Gasteiger charge is 2.46. The third kappa shape index (κ3) is 14.2. The van der Waals surface area contributed by atoms with Crippen LogP contribution in [0.3, 0.4) is 0 Å². The molecule has 0 bridgehead atoms. The van der Waals surface area contributed by atoms with Crippen molar-refractivity contribution in [1.82, 2.24) is 0 Å². The molecule has 0 amide bonds. The van der Waals surface area contributed by atoms with E-state index in [2.05, 4.69) is 0 Å².